The molecule has 0 amide bonds. The molecule has 0 spiro atoms. The van der Waals surface area contributed by atoms with Crippen LogP contribution in [0.5, 0.6) is 0 Å². The van der Waals surface area contributed by atoms with Crippen molar-refractivity contribution in [3.8, 4) is 0 Å². The van der Waals surface area contributed by atoms with Gasteiger partial charge in [0.1, 0.15) is 5.69 Å². The van der Waals surface area contributed by atoms with Crippen LogP contribution in [0, 0.1) is 11.8 Å². The first-order chi connectivity index (χ1) is 8.54. The third kappa shape index (κ3) is 3.22. The van der Waals surface area contributed by atoms with Gasteiger partial charge in [0, 0.05) is 17.9 Å². The van der Waals surface area contributed by atoms with E-state index < -0.39 is 5.97 Å². The maximum absolute atomic E-state index is 10.9. The van der Waals surface area contributed by atoms with Crippen LogP contribution in [-0.4, -0.2) is 22.1 Å². The van der Waals surface area contributed by atoms with Crippen molar-refractivity contribution in [2.24, 2.45) is 11.8 Å². The second kappa shape index (κ2) is 5.38. The molecular weight excluding hydrogens is 228 g/mol. The summed E-state index contributed by atoms with van der Waals surface area (Å²) in [5, 5.41) is 12.3. The number of hydrogen-bond acceptors (Lipinski definition) is 3. The van der Waals surface area contributed by atoms with Crippen LogP contribution in [0.3, 0.4) is 0 Å². The first kappa shape index (κ1) is 12.9. The summed E-state index contributed by atoms with van der Waals surface area (Å²) in [5.74, 6) is 0.475. The van der Waals surface area contributed by atoms with Gasteiger partial charge in [-0.2, -0.15) is 0 Å². The zero-order valence-corrected chi connectivity index (χ0v) is 10.9. The number of nitrogens with zero attached hydrogens (tertiary/aromatic N) is 1. The van der Waals surface area contributed by atoms with Gasteiger partial charge >= 0.3 is 5.97 Å². The van der Waals surface area contributed by atoms with Gasteiger partial charge in [-0.15, -0.1) is 0 Å². The monoisotopic (exact) mass is 248 g/mol. The second-order valence-electron chi connectivity index (χ2n) is 5.49. The Balaban J connectivity index is 2.04. The number of carbonyl (C=O) groups is 1. The van der Waals surface area contributed by atoms with E-state index in [0.717, 1.165) is 30.4 Å². The minimum Gasteiger partial charge on any atom is -0.477 e. The van der Waals surface area contributed by atoms with Crippen LogP contribution in [0.4, 0.5) is 5.69 Å². The van der Waals surface area contributed by atoms with Gasteiger partial charge in [-0.1, -0.05) is 13.8 Å². The van der Waals surface area contributed by atoms with Gasteiger partial charge in [-0.3, -0.25) is 0 Å². The molecule has 18 heavy (non-hydrogen) atoms. The number of nitrogens with one attached hydrogen (secondary N) is 1. The first-order valence-corrected chi connectivity index (χ1v) is 6.50. The Labute approximate surface area is 107 Å². The molecule has 4 heteroatoms. The molecule has 2 rings (SSSR count). The molecule has 0 aliphatic heterocycles. The van der Waals surface area contributed by atoms with E-state index in [0.29, 0.717) is 6.04 Å². The Hall–Kier alpha value is -1.58. The molecule has 2 N–H and O–H groups in total. The maximum Gasteiger partial charge on any atom is 0.354 e. The minimum atomic E-state index is -0.982. The molecule has 98 valence electrons. The number of pyridine rings is 1. The largest absolute Gasteiger partial charge is 0.477 e. The summed E-state index contributed by atoms with van der Waals surface area (Å²) >= 11 is 0. The summed E-state index contributed by atoms with van der Waals surface area (Å²) in [7, 11) is 0. The number of carboxylic acid groups (broad SMARTS) is 1. The number of hydrogen-bond donors (Lipinski definition) is 2. The quantitative estimate of drug-likeness (QED) is 0.863. The highest BCUT2D eigenvalue weighted by Crippen LogP contribution is 2.30. The highest BCUT2D eigenvalue weighted by atomic mass is 16.4. The predicted molar refractivity (Wildman–Crippen MR) is 70.8 cm³/mol. The SMILES string of the molecule is CC1CC(C)CC(Nc2ccnc(C(=O)O)c2)C1. The van der Waals surface area contributed by atoms with Crippen LogP contribution in [0.15, 0.2) is 18.3 Å². The Morgan fingerprint density at radius 3 is 2.61 bits per heavy atom. The molecule has 1 aromatic heterocycles. The second-order valence-corrected chi connectivity index (χ2v) is 5.49. The Morgan fingerprint density at radius 1 is 1.33 bits per heavy atom. The van der Waals surface area contributed by atoms with Crippen LogP contribution in [0.2, 0.25) is 0 Å². The van der Waals surface area contributed by atoms with Crippen molar-refractivity contribution in [1.82, 2.24) is 4.98 Å². The summed E-state index contributed by atoms with van der Waals surface area (Å²) in [6, 6.07) is 3.87. The molecule has 1 aliphatic carbocycles. The molecule has 1 saturated carbocycles. The molecule has 1 heterocycles. The number of rotatable bonds is 3. The minimum absolute atomic E-state index is 0.0944. The summed E-state index contributed by atoms with van der Waals surface area (Å²) in [5.41, 5.74) is 0.950. The van der Waals surface area contributed by atoms with E-state index in [9.17, 15) is 4.79 Å². The Morgan fingerprint density at radius 2 is 2.00 bits per heavy atom. The van der Waals surface area contributed by atoms with Crippen molar-refractivity contribution in [3.63, 3.8) is 0 Å². The lowest BCUT2D eigenvalue weighted by molar-refractivity contribution is 0.0690. The predicted octanol–water partition coefficient (Wildman–Crippen LogP) is 3.02. The summed E-state index contributed by atoms with van der Waals surface area (Å²) in [6.45, 7) is 4.55. The van der Waals surface area contributed by atoms with Crippen LogP contribution in [-0.2, 0) is 0 Å². The van der Waals surface area contributed by atoms with E-state index in [4.69, 9.17) is 5.11 Å². The van der Waals surface area contributed by atoms with Crippen LogP contribution in [0.1, 0.15) is 43.6 Å². The number of anilines is 1. The molecule has 1 fully saturated rings. The molecule has 2 atom stereocenters. The molecule has 0 bridgehead atoms. The number of carboxylic acids is 1. The van der Waals surface area contributed by atoms with E-state index in [-0.39, 0.29) is 5.69 Å². The van der Waals surface area contributed by atoms with Crippen molar-refractivity contribution in [3.05, 3.63) is 24.0 Å². The third-order valence-corrected chi connectivity index (χ3v) is 3.53. The Bertz CT molecular complexity index is 424. The van der Waals surface area contributed by atoms with Gasteiger partial charge in [-0.05, 0) is 43.2 Å². The Kier molecular flexibility index (Phi) is 3.84. The lowest BCUT2D eigenvalue weighted by Crippen LogP contribution is -2.30. The van der Waals surface area contributed by atoms with E-state index in [1.165, 1.54) is 6.42 Å². The van der Waals surface area contributed by atoms with E-state index in [1.54, 1.807) is 12.3 Å². The molecule has 1 aliphatic rings. The van der Waals surface area contributed by atoms with E-state index >= 15 is 0 Å². The summed E-state index contributed by atoms with van der Waals surface area (Å²) < 4.78 is 0. The highest BCUT2D eigenvalue weighted by molar-refractivity contribution is 5.86. The lowest BCUT2D eigenvalue weighted by atomic mass is 9.80. The fraction of sp³-hybridized carbons (Fsp3) is 0.571. The van der Waals surface area contributed by atoms with Crippen molar-refractivity contribution in [2.75, 3.05) is 5.32 Å². The lowest BCUT2D eigenvalue weighted by Gasteiger charge is -2.32. The van der Waals surface area contributed by atoms with Crippen molar-refractivity contribution in [2.45, 2.75) is 39.2 Å². The molecule has 0 saturated heterocycles. The first-order valence-electron chi connectivity index (χ1n) is 6.50. The van der Waals surface area contributed by atoms with Gasteiger partial charge in [0.25, 0.3) is 0 Å². The van der Waals surface area contributed by atoms with E-state index in [1.807, 2.05) is 6.07 Å². The molecule has 4 nitrogen and oxygen atoms in total. The topological polar surface area (TPSA) is 62.2 Å². The van der Waals surface area contributed by atoms with Gasteiger partial charge in [0.15, 0.2) is 0 Å². The normalized spacial score (nSPS) is 27.8. The zero-order valence-electron chi connectivity index (χ0n) is 10.9. The van der Waals surface area contributed by atoms with Crippen molar-refractivity contribution in [1.29, 1.82) is 0 Å². The molecular formula is C14H20N2O2. The van der Waals surface area contributed by atoms with E-state index in [2.05, 4.69) is 24.1 Å². The molecule has 1 aromatic rings. The fourth-order valence-electron chi connectivity index (χ4n) is 2.94. The average Bonchev–Trinajstić information content (AvgIpc) is 2.27. The maximum atomic E-state index is 10.9. The standard InChI is InChI=1S/C14H20N2O2/c1-9-5-10(2)7-12(6-9)16-11-3-4-15-13(8-11)14(17)18/h3-4,8-10,12H,5-7H2,1-2H3,(H,15,16)(H,17,18). The van der Waals surface area contributed by atoms with Gasteiger partial charge < -0.3 is 10.4 Å². The number of aromatic nitrogens is 1. The number of aromatic carboxylic acids is 1. The van der Waals surface area contributed by atoms with Crippen LogP contribution < -0.4 is 5.32 Å². The molecule has 2 unspecified atom stereocenters. The summed E-state index contributed by atoms with van der Waals surface area (Å²) in [4.78, 5) is 14.7. The fourth-order valence-corrected chi connectivity index (χ4v) is 2.94. The van der Waals surface area contributed by atoms with Crippen LogP contribution >= 0.6 is 0 Å². The highest BCUT2D eigenvalue weighted by Gasteiger charge is 2.23. The van der Waals surface area contributed by atoms with Gasteiger partial charge in [0.05, 0.1) is 0 Å². The van der Waals surface area contributed by atoms with Gasteiger partial charge in [-0.25, -0.2) is 9.78 Å². The van der Waals surface area contributed by atoms with Crippen LogP contribution in [0.25, 0.3) is 0 Å². The molecule has 0 aromatic carbocycles. The summed E-state index contributed by atoms with van der Waals surface area (Å²) in [6.07, 6.45) is 5.13. The third-order valence-electron chi connectivity index (χ3n) is 3.53. The average molecular weight is 248 g/mol. The molecule has 0 radical (unpaired) electrons. The van der Waals surface area contributed by atoms with Gasteiger partial charge in [0.2, 0.25) is 0 Å². The smallest absolute Gasteiger partial charge is 0.354 e. The zero-order chi connectivity index (χ0) is 13.1. The van der Waals surface area contributed by atoms with Crippen molar-refractivity contribution < 1.29 is 9.90 Å². The van der Waals surface area contributed by atoms with Crippen molar-refractivity contribution >= 4 is 11.7 Å².